The third-order valence-electron chi connectivity index (χ3n) is 8.26. The molecule has 10 heteroatoms. The second-order valence-electron chi connectivity index (χ2n) is 12.1. The summed E-state index contributed by atoms with van der Waals surface area (Å²) >= 11 is 0. The minimum absolute atomic E-state index is 0.0500. The number of benzene rings is 3. The molecule has 240 valence electrons. The normalized spacial score (nSPS) is 16.1. The van der Waals surface area contributed by atoms with Crippen LogP contribution >= 0.6 is 0 Å². The fourth-order valence-corrected chi connectivity index (χ4v) is 5.64. The van der Waals surface area contributed by atoms with E-state index in [4.69, 9.17) is 14.2 Å². The molecule has 0 aromatic heterocycles. The second kappa shape index (κ2) is 15.6. The number of nitro groups is 1. The second-order valence-corrected chi connectivity index (χ2v) is 12.1. The zero-order chi connectivity index (χ0) is 31.6. The Hall–Kier alpha value is -4.31. The lowest BCUT2D eigenvalue weighted by Crippen LogP contribution is -2.48. The molecular formula is C35H44N4O6. The van der Waals surface area contributed by atoms with Gasteiger partial charge >= 0.3 is 5.69 Å². The Balaban J connectivity index is 1.00. The molecule has 0 atom stereocenters. The number of nitrogens with zero attached hydrogens (tertiary/aromatic N) is 4. The molecule has 3 aromatic carbocycles. The summed E-state index contributed by atoms with van der Waals surface area (Å²) in [7, 11) is 0. The van der Waals surface area contributed by atoms with Crippen molar-refractivity contribution in [3.63, 3.8) is 0 Å². The highest BCUT2D eigenvalue weighted by Gasteiger charge is 2.26. The van der Waals surface area contributed by atoms with E-state index >= 15 is 0 Å². The molecule has 0 bridgehead atoms. The maximum Gasteiger partial charge on any atom is 0.311 e. The highest BCUT2D eigenvalue weighted by atomic mass is 16.6. The topological polar surface area (TPSA) is 97.6 Å². The van der Waals surface area contributed by atoms with E-state index in [1.807, 2.05) is 49.1 Å². The maximum absolute atomic E-state index is 13.0. The number of ether oxygens (including phenoxy) is 3. The van der Waals surface area contributed by atoms with Crippen molar-refractivity contribution in [2.75, 3.05) is 57.3 Å². The van der Waals surface area contributed by atoms with Gasteiger partial charge in [0.2, 0.25) is 11.7 Å². The van der Waals surface area contributed by atoms with Crippen LogP contribution in [0.5, 0.6) is 17.2 Å². The van der Waals surface area contributed by atoms with Crippen molar-refractivity contribution >= 4 is 17.3 Å². The Morgan fingerprint density at radius 3 is 2.24 bits per heavy atom. The first-order valence-electron chi connectivity index (χ1n) is 15.9. The zero-order valence-electron chi connectivity index (χ0n) is 26.3. The van der Waals surface area contributed by atoms with Crippen LogP contribution in [0.1, 0.15) is 38.7 Å². The van der Waals surface area contributed by atoms with Gasteiger partial charge in [0.15, 0.2) is 0 Å². The molecule has 0 aliphatic carbocycles. The van der Waals surface area contributed by atoms with Crippen LogP contribution in [0.3, 0.4) is 0 Å². The summed E-state index contributed by atoms with van der Waals surface area (Å²) < 4.78 is 17.8. The van der Waals surface area contributed by atoms with E-state index in [2.05, 4.69) is 34.1 Å². The molecule has 0 spiro atoms. The number of anilines is 1. The van der Waals surface area contributed by atoms with Crippen LogP contribution in [0.4, 0.5) is 11.4 Å². The molecule has 45 heavy (non-hydrogen) atoms. The van der Waals surface area contributed by atoms with Crippen LogP contribution in [0.15, 0.2) is 72.8 Å². The highest BCUT2D eigenvalue weighted by molar-refractivity contribution is 5.76. The van der Waals surface area contributed by atoms with Crippen molar-refractivity contribution in [2.24, 2.45) is 5.92 Å². The predicted octanol–water partition coefficient (Wildman–Crippen LogP) is 5.79. The van der Waals surface area contributed by atoms with Gasteiger partial charge in [0.25, 0.3) is 0 Å². The van der Waals surface area contributed by atoms with Gasteiger partial charge in [-0.3, -0.25) is 19.8 Å². The minimum Gasteiger partial charge on any atom is -0.490 e. The quantitative estimate of drug-likeness (QED) is 0.176. The molecule has 2 aliphatic heterocycles. The van der Waals surface area contributed by atoms with Crippen molar-refractivity contribution in [3.8, 4) is 17.2 Å². The van der Waals surface area contributed by atoms with Gasteiger partial charge in [-0.15, -0.1) is 0 Å². The molecule has 2 heterocycles. The van der Waals surface area contributed by atoms with Crippen molar-refractivity contribution in [2.45, 2.75) is 45.8 Å². The number of piperazine rings is 1. The van der Waals surface area contributed by atoms with Crippen molar-refractivity contribution in [1.82, 2.24) is 9.80 Å². The first kappa shape index (κ1) is 32.1. The molecule has 0 unspecified atom stereocenters. The molecule has 1 amide bonds. The van der Waals surface area contributed by atoms with Gasteiger partial charge in [0, 0.05) is 82.9 Å². The molecular weight excluding hydrogens is 572 g/mol. The molecule has 2 aliphatic rings. The summed E-state index contributed by atoms with van der Waals surface area (Å²) in [6.07, 6.45) is 1.91. The summed E-state index contributed by atoms with van der Waals surface area (Å²) in [6.45, 7) is 10.7. The van der Waals surface area contributed by atoms with Crippen LogP contribution < -0.4 is 19.1 Å². The fraction of sp³-hybridized carbons (Fsp3) is 0.457. The third kappa shape index (κ3) is 9.34. The van der Waals surface area contributed by atoms with Gasteiger partial charge in [0.1, 0.15) is 24.2 Å². The van der Waals surface area contributed by atoms with E-state index in [1.54, 1.807) is 12.1 Å². The lowest BCUT2D eigenvalue weighted by atomic mass is 10.1. The molecule has 0 radical (unpaired) electrons. The Morgan fingerprint density at radius 2 is 1.58 bits per heavy atom. The SMILES string of the molecule is CC(C)COc1cc(OC2CCN(C(=O)CCN3CCN(c4ccc(OCc5ccccc5)cc4)CC3)CC2)ccc1[N+](=O)[O-]. The number of piperidine rings is 1. The van der Waals surface area contributed by atoms with E-state index in [0.717, 1.165) is 56.9 Å². The Morgan fingerprint density at radius 1 is 0.889 bits per heavy atom. The molecule has 0 N–H and O–H groups in total. The number of hydrogen-bond acceptors (Lipinski definition) is 8. The van der Waals surface area contributed by atoms with Gasteiger partial charge in [0.05, 0.1) is 11.5 Å². The summed E-state index contributed by atoms with van der Waals surface area (Å²) in [5.74, 6) is 2.07. The third-order valence-corrected chi connectivity index (χ3v) is 8.26. The summed E-state index contributed by atoms with van der Waals surface area (Å²) in [5, 5.41) is 11.4. The largest absolute Gasteiger partial charge is 0.490 e. The van der Waals surface area contributed by atoms with Crippen LogP contribution in [0.2, 0.25) is 0 Å². The molecule has 10 nitrogen and oxygen atoms in total. The highest BCUT2D eigenvalue weighted by Crippen LogP contribution is 2.33. The number of nitro benzene ring substituents is 1. The zero-order valence-corrected chi connectivity index (χ0v) is 26.3. The van der Waals surface area contributed by atoms with Crippen LogP contribution in [-0.2, 0) is 11.4 Å². The van der Waals surface area contributed by atoms with Gasteiger partial charge in [-0.05, 0) is 41.8 Å². The Labute approximate surface area is 265 Å². The fourth-order valence-electron chi connectivity index (χ4n) is 5.64. The molecule has 3 aromatic rings. The molecule has 0 saturated carbocycles. The van der Waals surface area contributed by atoms with Crippen molar-refractivity contribution in [3.05, 3.63) is 88.5 Å². The van der Waals surface area contributed by atoms with E-state index < -0.39 is 4.92 Å². The average Bonchev–Trinajstić information content (AvgIpc) is 3.06. The number of rotatable bonds is 13. The lowest BCUT2D eigenvalue weighted by Gasteiger charge is -2.37. The summed E-state index contributed by atoms with van der Waals surface area (Å²) in [5.41, 5.74) is 2.27. The number of likely N-dealkylation sites (tertiary alicyclic amines) is 1. The van der Waals surface area contributed by atoms with Gasteiger partial charge in [-0.2, -0.15) is 0 Å². The standard InChI is InChI=1S/C35H44N4O6/c1-27(2)25-44-34-24-32(12-13-33(34)39(41)42)45-31-14-18-38(19-15-31)35(40)16-17-36-20-22-37(23-21-36)29-8-10-30(11-9-29)43-26-28-6-4-3-5-7-28/h3-13,24,27,31H,14-23,25-26H2,1-2H3. The van der Waals surface area contributed by atoms with E-state index in [9.17, 15) is 14.9 Å². The number of amides is 1. The summed E-state index contributed by atoms with van der Waals surface area (Å²) in [6, 6.07) is 23.1. The molecule has 5 rings (SSSR count). The number of hydrogen-bond donors (Lipinski definition) is 0. The monoisotopic (exact) mass is 616 g/mol. The molecule has 2 saturated heterocycles. The van der Waals surface area contributed by atoms with Crippen LogP contribution in [-0.4, -0.2) is 79.2 Å². The average molecular weight is 617 g/mol. The first-order chi connectivity index (χ1) is 21.8. The first-order valence-corrected chi connectivity index (χ1v) is 15.9. The van der Waals surface area contributed by atoms with Gasteiger partial charge in [-0.1, -0.05) is 44.2 Å². The van der Waals surface area contributed by atoms with Gasteiger partial charge in [-0.25, -0.2) is 0 Å². The van der Waals surface area contributed by atoms with Crippen molar-refractivity contribution < 1.29 is 23.9 Å². The smallest absolute Gasteiger partial charge is 0.311 e. The number of carbonyl (C=O) groups is 1. The van der Waals surface area contributed by atoms with E-state index in [1.165, 1.54) is 11.8 Å². The molecule has 2 fully saturated rings. The predicted molar refractivity (Wildman–Crippen MR) is 174 cm³/mol. The maximum atomic E-state index is 13.0. The Kier molecular flexibility index (Phi) is 11.1. The number of carbonyl (C=O) groups excluding carboxylic acids is 1. The van der Waals surface area contributed by atoms with Gasteiger partial charge < -0.3 is 24.0 Å². The minimum atomic E-state index is -0.439. The summed E-state index contributed by atoms with van der Waals surface area (Å²) in [4.78, 5) is 30.6. The van der Waals surface area contributed by atoms with Crippen molar-refractivity contribution in [1.29, 1.82) is 0 Å². The van der Waals surface area contributed by atoms with E-state index in [-0.39, 0.29) is 29.4 Å². The van der Waals surface area contributed by atoms with Crippen LogP contribution in [0.25, 0.3) is 0 Å². The van der Waals surface area contributed by atoms with E-state index in [0.29, 0.717) is 38.5 Å². The Bertz CT molecular complexity index is 1390. The lowest BCUT2D eigenvalue weighted by molar-refractivity contribution is -0.385. The van der Waals surface area contributed by atoms with Crippen LogP contribution in [0, 0.1) is 16.0 Å².